The highest BCUT2D eigenvalue weighted by atomic mass is 19.1. The van der Waals surface area contributed by atoms with E-state index in [4.69, 9.17) is 9.47 Å². The number of para-hydroxylation sites is 2. The van der Waals surface area contributed by atoms with Gasteiger partial charge in [0, 0.05) is 11.6 Å². The van der Waals surface area contributed by atoms with E-state index in [1.54, 1.807) is 20.1 Å². The Kier molecular flexibility index (Phi) is 4.81. The summed E-state index contributed by atoms with van der Waals surface area (Å²) >= 11 is 0. The molecule has 112 valence electrons. The van der Waals surface area contributed by atoms with E-state index in [0.29, 0.717) is 22.8 Å². The summed E-state index contributed by atoms with van der Waals surface area (Å²) in [6.07, 6.45) is 0. The molecular formula is C17H20FNO2. The standard InChI is InChI=1S/C17H20FNO2/c1-11-9-17(13(10-14(11)18)12(2)19-3)21-16-8-6-5-7-15(16)20-4/h5-10,12,19H,1-4H3. The molecule has 0 saturated heterocycles. The van der Waals surface area contributed by atoms with Gasteiger partial charge in [0.2, 0.25) is 0 Å². The zero-order chi connectivity index (χ0) is 15.4. The van der Waals surface area contributed by atoms with E-state index in [0.717, 1.165) is 5.56 Å². The summed E-state index contributed by atoms with van der Waals surface area (Å²) < 4.78 is 25.1. The summed E-state index contributed by atoms with van der Waals surface area (Å²) in [7, 11) is 3.42. The molecule has 0 radical (unpaired) electrons. The highest BCUT2D eigenvalue weighted by Gasteiger charge is 2.15. The van der Waals surface area contributed by atoms with Crippen molar-refractivity contribution in [1.29, 1.82) is 0 Å². The van der Waals surface area contributed by atoms with E-state index >= 15 is 0 Å². The Balaban J connectivity index is 2.45. The lowest BCUT2D eigenvalue weighted by Crippen LogP contribution is -2.14. The molecular weight excluding hydrogens is 269 g/mol. The lowest BCUT2D eigenvalue weighted by atomic mass is 10.0. The number of rotatable bonds is 5. The summed E-state index contributed by atoms with van der Waals surface area (Å²) in [5, 5.41) is 3.10. The second-order valence-corrected chi connectivity index (χ2v) is 4.90. The fourth-order valence-corrected chi connectivity index (χ4v) is 2.07. The molecule has 0 heterocycles. The van der Waals surface area contributed by atoms with Crippen molar-refractivity contribution in [1.82, 2.24) is 5.32 Å². The quantitative estimate of drug-likeness (QED) is 0.894. The average molecular weight is 289 g/mol. The number of methoxy groups -OCH3 is 1. The van der Waals surface area contributed by atoms with Gasteiger partial charge in [-0.2, -0.15) is 0 Å². The topological polar surface area (TPSA) is 30.5 Å². The third-order valence-corrected chi connectivity index (χ3v) is 3.48. The summed E-state index contributed by atoms with van der Waals surface area (Å²) in [4.78, 5) is 0. The van der Waals surface area contributed by atoms with Crippen LogP contribution in [0.3, 0.4) is 0 Å². The molecule has 21 heavy (non-hydrogen) atoms. The number of nitrogens with one attached hydrogen (secondary N) is 1. The van der Waals surface area contributed by atoms with Crippen molar-refractivity contribution in [2.75, 3.05) is 14.2 Å². The predicted octanol–water partition coefficient (Wildman–Crippen LogP) is 4.22. The van der Waals surface area contributed by atoms with Crippen LogP contribution in [0.2, 0.25) is 0 Å². The smallest absolute Gasteiger partial charge is 0.169 e. The first-order chi connectivity index (χ1) is 10.1. The van der Waals surface area contributed by atoms with Crippen LogP contribution in [0.15, 0.2) is 36.4 Å². The summed E-state index contributed by atoms with van der Waals surface area (Å²) in [5.41, 5.74) is 1.32. The molecule has 1 N–H and O–H groups in total. The van der Waals surface area contributed by atoms with Gasteiger partial charge in [0.05, 0.1) is 7.11 Å². The van der Waals surface area contributed by atoms with E-state index in [9.17, 15) is 4.39 Å². The van der Waals surface area contributed by atoms with Crippen molar-refractivity contribution in [2.24, 2.45) is 0 Å². The predicted molar refractivity (Wildman–Crippen MR) is 81.7 cm³/mol. The molecule has 0 aliphatic rings. The van der Waals surface area contributed by atoms with Crippen LogP contribution in [0.5, 0.6) is 17.2 Å². The zero-order valence-corrected chi connectivity index (χ0v) is 12.7. The first kappa shape index (κ1) is 15.3. The Morgan fingerprint density at radius 2 is 1.76 bits per heavy atom. The van der Waals surface area contributed by atoms with Gasteiger partial charge in [-0.3, -0.25) is 0 Å². The molecule has 0 fully saturated rings. The maximum absolute atomic E-state index is 13.8. The summed E-state index contributed by atoms with van der Waals surface area (Å²) in [6.45, 7) is 3.68. The van der Waals surface area contributed by atoms with Crippen molar-refractivity contribution in [2.45, 2.75) is 19.9 Å². The second kappa shape index (κ2) is 6.59. The number of aryl methyl sites for hydroxylation is 1. The van der Waals surface area contributed by atoms with Crippen molar-refractivity contribution >= 4 is 0 Å². The third kappa shape index (κ3) is 3.34. The third-order valence-electron chi connectivity index (χ3n) is 3.48. The van der Waals surface area contributed by atoms with Gasteiger partial charge in [0.25, 0.3) is 0 Å². The molecule has 2 aromatic rings. The van der Waals surface area contributed by atoms with Crippen LogP contribution >= 0.6 is 0 Å². The van der Waals surface area contributed by atoms with Crippen LogP contribution in [0, 0.1) is 12.7 Å². The maximum atomic E-state index is 13.8. The number of ether oxygens (including phenoxy) is 2. The highest BCUT2D eigenvalue weighted by molar-refractivity contribution is 5.47. The number of hydrogen-bond donors (Lipinski definition) is 1. The second-order valence-electron chi connectivity index (χ2n) is 4.90. The number of hydrogen-bond acceptors (Lipinski definition) is 3. The van der Waals surface area contributed by atoms with E-state index in [1.807, 2.05) is 38.2 Å². The van der Waals surface area contributed by atoms with Gasteiger partial charge in [-0.15, -0.1) is 0 Å². The Bertz CT molecular complexity index is 628. The first-order valence-electron chi connectivity index (χ1n) is 6.85. The minimum Gasteiger partial charge on any atom is -0.493 e. The van der Waals surface area contributed by atoms with Gasteiger partial charge in [-0.05, 0) is 50.7 Å². The lowest BCUT2D eigenvalue weighted by Gasteiger charge is -2.18. The largest absolute Gasteiger partial charge is 0.493 e. The van der Waals surface area contributed by atoms with Gasteiger partial charge in [-0.25, -0.2) is 4.39 Å². The molecule has 0 saturated carbocycles. The van der Waals surface area contributed by atoms with E-state index in [1.165, 1.54) is 6.07 Å². The van der Waals surface area contributed by atoms with E-state index in [-0.39, 0.29) is 11.9 Å². The molecule has 2 rings (SSSR count). The molecule has 1 unspecified atom stereocenters. The van der Waals surface area contributed by atoms with Crippen LogP contribution in [0.4, 0.5) is 4.39 Å². The highest BCUT2D eigenvalue weighted by Crippen LogP contribution is 2.36. The Morgan fingerprint density at radius 3 is 2.38 bits per heavy atom. The van der Waals surface area contributed by atoms with Crippen LogP contribution < -0.4 is 14.8 Å². The molecule has 4 heteroatoms. The minimum absolute atomic E-state index is 0.0233. The molecule has 1 atom stereocenters. The van der Waals surface area contributed by atoms with E-state index in [2.05, 4.69) is 5.32 Å². The van der Waals surface area contributed by atoms with E-state index < -0.39 is 0 Å². The molecule has 3 nitrogen and oxygen atoms in total. The molecule has 0 aliphatic heterocycles. The van der Waals surface area contributed by atoms with Gasteiger partial charge in [0.1, 0.15) is 11.6 Å². The zero-order valence-electron chi connectivity index (χ0n) is 12.7. The van der Waals surface area contributed by atoms with Crippen molar-refractivity contribution in [3.8, 4) is 17.2 Å². The fraction of sp³-hybridized carbons (Fsp3) is 0.294. The number of benzene rings is 2. The first-order valence-corrected chi connectivity index (χ1v) is 6.85. The van der Waals surface area contributed by atoms with Crippen molar-refractivity contribution in [3.05, 3.63) is 53.3 Å². The van der Waals surface area contributed by atoms with Crippen LogP contribution in [0.1, 0.15) is 24.1 Å². The molecule has 0 amide bonds. The maximum Gasteiger partial charge on any atom is 0.169 e. The van der Waals surface area contributed by atoms with Crippen molar-refractivity contribution < 1.29 is 13.9 Å². The fourth-order valence-electron chi connectivity index (χ4n) is 2.07. The molecule has 2 aromatic carbocycles. The van der Waals surface area contributed by atoms with Gasteiger partial charge >= 0.3 is 0 Å². The summed E-state index contributed by atoms with van der Waals surface area (Å²) in [5.74, 6) is 1.64. The van der Waals surface area contributed by atoms with Crippen LogP contribution in [-0.2, 0) is 0 Å². The molecule has 0 aromatic heterocycles. The average Bonchev–Trinajstić information content (AvgIpc) is 2.50. The lowest BCUT2D eigenvalue weighted by molar-refractivity contribution is 0.375. The minimum atomic E-state index is -0.237. The Labute approximate surface area is 124 Å². The number of halogens is 1. The Morgan fingerprint density at radius 1 is 1.10 bits per heavy atom. The van der Waals surface area contributed by atoms with Gasteiger partial charge < -0.3 is 14.8 Å². The normalized spacial score (nSPS) is 12.0. The monoisotopic (exact) mass is 289 g/mol. The van der Waals surface area contributed by atoms with Gasteiger partial charge in [-0.1, -0.05) is 12.1 Å². The van der Waals surface area contributed by atoms with Crippen LogP contribution in [-0.4, -0.2) is 14.2 Å². The van der Waals surface area contributed by atoms with Gasteiger partial charge in [0.15, 0.2) is 11.5 Å². The molecule has 0 aliphatic carbocycles. The Hall–Kier alpha value is -2.07. The van der Waals surface area contributed by atoms with Crippen molar-refractivity contribution in [3.63, 3.8) is 0 Å². The molecule has 0 spiro atoms. The molecule has 0 bridgehead atoms. The summed E-state index contributed by atoms with van der Waals surface area (Å²) in [6, 6.07) is 10.6. The SMILES string of the molecule is CNC(C)c1cc(F)c(C)cc1Oc1ccccc1OC. The van der Waals surface area contributed by atoms with Crippen LogP contribution in [0.25, 0.3) is 0 Å².